The Hall–Kier alpha value is -2.10. The molecule has 1 aromatic heterocycles. The Morgan fingerprint density at radius 2 is 2.07 bits per heavy atom. The normalized spacial score (nSPS) is 22.2. The number of hydrogen-bond donors (Lipinski definition) is 2. The van der Waals surface area contributed by atoms with Crippen molar-refractivity contribution >= 4 is 27.7 Å². The summed E-state index contributed by atoms with van der Waals surface area (Å²) in [6, 6.07) is 4.69. The Labute approximate surface area is 183 Å². The SMILES string of the molecule is CC1CC(O)c2ncnc(N3CCN(C(=O)[C@H](CN)c4ccc(Br)cc4F)CC3)c21. The van der Waals surface area contributed by atoms with E-state index in [1.165, 1.54) is 12.4 Å². The first-order valence-electron chi connectivity index (χ1n) is 10.1. The van der Waals surface area contributed by atoms with E-state index in [4.69, 9.17) is 5.73 Å². The Balaban J connectivity index is 1.48. The fourth-order valence-electron chi connectivity index (χ4n) is 4.46. The van der Waals surface area contributed by atoms with E-state index in [9.17, 15) is 14.3 Å². The van der Waals surface area contributed by atoms with Crippen molar-refractivity contribution in [2.45, 2.75) is 31.3 Å². The molecule has 3 N–H and O–H groups in total. The Bertz CT molecular complexity index is 951. The highest BCUT2D eigenvalue weighted by atomic mass is 79.9. The minimum absolute atomic E-state index is 0.0480. The first-order chi connectivity index (χ1) is 14.4. The molecule has 0 bridgehead atoms. The second-order valence-corrected chi connectivity index (χ2v) is 8.83. The molecule has 1 aromatic carbocycles. The summed E-state index contributed by atoms with van der Waals surface area (Å²) in [7, 11) is 0. The molecular formula is C21H25BrFN5O2. The smallest absolute Gasteiger partial charge is 0.231 e. The second-order valence-electron chi connectivity index (χ2n) is 7.92. The van der Waals surface area contributed by atoms with Crippen LogP contribution >= 0.6 is 15.9 Å². The van der Waals surface area contributed by atoms with Crippen molar-refractivity contribution in [2.75, 3.05) is 37.6 Å². The first-order valence-corrected chi connectivity index (χ1v) is 10.9. The number of anilines is 1. The van der Waals surface area contributed by atoms with Crippen LogP contribution < -0.4 is 10.6 Å². The minimum Gasteiger partial charge on any atom is -0.387 e. The van der Waals surface area contributed by atoms with Crippen LogP contribution in [0.4, 0.5) is 10.2 Å². The zero-order chi connectivity index (χ0) is 21.4. The number of nitrogens with two attached hydrogens (primary N) is 1. The Morgan fingerprint density at radius 1 is 1.33 bits per heavy atom. The van der Waals surface area contributed by atoms with Crippen LogP contribution in [0.3, 0.4) is 0 Å². The van der Waals surface area contributed by atoms with Gasteiger partial charge in [0.25, 0.3) is 0 Å². The third-order valence-corrected chi connectivity index (χ3v) is 6.53. The number of carbonyl (C=O) groups is 1. The van der Waals surface area contributed by atoms with Crippen LogP contribution in [0.1, 0.15) is 48.1 Å². The molecule has 0 spiro atoms. The number of nitrogens with zero attached hydrogens (tertiary/aromatic N) is 4. The summed E-state index contributed by atoms with van der Waals surface area (Å²) in [4.78, 5) is 25.7. The second kappa shape index (κ2) is 8.56. The van der Waals surface area contributed by atoms with Crippen molar-refractivity contribution in [3.63, 3.8) is 0 Å². The summed E-state index contributed by atoms with van der Waals surface area (Å²) in [6.07, 6.45) is 1.59. The highest BCUT2D eigenvalue weighted by Gasteiger charge is 2.35. The lowest BCUT2D eigenvalue weighted by molar-refractivity contribution is -0.133. The largest absolute Gasteiger partial charge is 0.387 e. The number of piperazine rings is 1. The monoisotopic (exact) mass is 477 g/mol. The molecular weight excluding hydrogens is 453 g/mol. The van der Waals surface area contributed by atoms with E-state index in [0.717, 1.165) is 11.4 Å². The molecule has 2 aromatic rings. The number of rotatable bonds is 4. The zero-order valence-corrected chi connectivity index (χ0v) is 18.3. The van der Waals surface area contributed by atoms with Crippen molar-refractivity contribution in [1.29, 1.82) is 0 Å². The molecule has 2 aliphatic rings. The number of hydrogen-bond acceptors (Lipinski definition) is 6. The van der Waals surface area contributed by atoms with Crippen LogP contribution in [-0.4, -0.2) is 58.6 Å². The lowest BCUT2D eigenvalue weighted by Crippen LogP contribution is -2.51. The van der Waals surface area contributed by atoms with Crippen LogP contribution in [-0.2, 0) is 4.79 Å². The molecule has 1 fully saturated rings. The molecule has 1 aliphatic carbocycles. The average molecular weight is 478 g/mol. The van der Waals surface area contributed by atoms with Gasteiger partial charge in [0.05, 0.1) is 17.7 Å². The first kappa shape index (κ1) is 21.1. The molecule has 0 saturated carbocycles. The fourth-order valence-corrected chi connectivity index (χ4v) is 4.79. The topological polar surface area (TPSA) is 95.6 Å². The molecule has 3 atom stereocenters. The van der Waals surface area contributed by atoms with E-state index in [-0.39, 0.29) is 18.4 Å². The van der Waals surface area contributed by atoms with Crippen molar-refractivity contribution in [2.24, 2.45) is 5.73 Å². The lowest BCUT2D eigenvalue weighted by atomic mass is 9.96. The highest BCUT2D eigenvalue weighted by molar-refractivity contribution is 9.10. The predicted octanol–water partition coefficient (Wildman–Crippen LogP) is 2.31. The van der Waals surface area contributed by atoms with Crippen LogP contribution in [0.25, 0.3) is 0 Å². The summed E-state index contributed by atoms with van der Waals surface area (Å²) in [5.74, 6) is -0.271. The molecule has 7 nitrogen and oxygen atoms in total. The summed E-state index contributed by atoms with van der Waals surface area (Å²) in [6.45, 7) is 4.34. The van der Waals surface area contributed by atoms with Crippen molar-refractivity contribution in [3.8, 4) is 0 Å². The van der Waals surface area contributed by atoms with Gasteiger partial charge in [-0.1, -0.05) is 28.9 Å². The molecule has 9 heteroatoms. The van der Waals surface area contributed by atoms with E-state index < -0.39 is 17.8 Å². The third kappa shape index (κ3) is 3.81. The molecule has 0 radical (unpaired) electrons. The number of halogens is 2. The van der Waals surface area contributed by atoms with E-state index in [0.29, 0.717) is 48.3 Å². The number of amides is 1. The van der Waals surface area contributed by atoms with Crippen LogP contribution in [0.15, 0.2) is 29.0 Å². The van der Waals surface area contributed by atoms with E-state index >= 15 is 0 Å². The number of aliphatic hydroxyl groups is 1. The van der Waals surface area contributed by atoms with E-state index in [2.05, 4.69) is 37.7 Å². The van der Waals surface area contributed by atoms with Gasteiger partial charge in [-0.2, -0.15) is 0 Å². The van der Waals surface area contributed by atoms with Gasteiger partial charge in [0, 0.05) is 48.3 Å². The van der Waals surface area contributed by atoms with Gasteiger partial charge >= 0.3 is 0 Å². The fraction of sp³-hybridized carbons (Fsp3) is 0.476. The summed E-state index contributed by atoms with van der Waals surface area (Å²) in [5.41, 5.74) is 7.88. The molecule has 4 rings (SSSR count). The molecule has 1 saturated heterocycles. The van der Waals surface area contributed by atoms with Crippen LogP contribution in [0, 0.1) is 5.82 Å². The Kier molecular flexibility index (Phi) is 6.04. The van der Waals surface area contributed by atoms with Crippen molar-refractivity contribution < 1.29 is 14.3 Å². The van der Waals surface area contributed by atoms with Gasteiger partial charge in [0.2, 0.25) is 5.91 Å². The zero-order valence-electron chi connectivity index (χ0n) is 16.8. The molecule has 30 heavy (non-hydrogen) atoms. The highest BCUT2D eigenvalue weighted by Crippen LogP contribution is 2.42. The number of aliphatic hydroxyl groups excluding tert-OH is 1. The molecule has 1 aliphatic heterocycles. The summed E-state index contributed by atoms with van der Waals surface area (Å²) < 4.78 is 15.0. The van der Waals surface area contributed by atoms with Gasteiger partial charge in [0.1, 0.15) is 18.0 Å². The number of fused-ring (bicyclic) bond motifs is 1. The molecule has 2 unspecified atom stereocenters. The molecule has 2 heterocycles. The summed E-state index contributed by atoms with van der Waals surface area (Å²) in [5, 5.41) is 10.2. The average Bonchev–Trinajstić information content (AvgIpc) is 3.04. The molecule has 1 amide bonds. The quantitative estimate of drug-likeness (QED) is 0.701. The number of carbonyl (C=O) groups excluding carboxylic acids is 1. The maximum absolute atomic E-state index is 14.4. The lowest BCUT2D eigenvalue weighted by Gasteiger charge is -2.37. The van der Waals surface area contributed by atoms with Gasteiger partial charge in [-0.3, -0.25) is 4.79 Å². The summed E-state index contributed by atoms with van der Waals surface area (Å²) >= 11 is 3.24. The predicted molar refractivity (Wildman–Crippen MR) is 115 cm³/mol. The maximum atomic E-state index is 14.4. The van der Waals surface area contributed by atoms with Gasteiger partial charge in [-0.15, -0.1) is 0 Å². The number of benzene rings is 1. The van der Waals surface area contributed by atoms with Crippen LogP contribution in [0.5, 0.6) is 0 Å². The minimum atomic E-state index is -0.705. The van der Waals surface area contributed by atoms with Gasteiger partial charge in [-0.05, 0) is 24.5 Å². The Morgan fingerprint density at radius 3 is 2.73 bits per heavy atom. The maximum Gasteiger partial charge on any atom is 0.231 e. The standard InChI is InChI=1S/C21H25BrFN5O2/c1-12-8-17(29)19-18(12)20(26-11-25-19)27-4-6-28(7-5-27)21(30)15(10-24)14-3-2-13(22)9-16(14)23/h2-3,9,11-12,15,17,29H,4-8,10,24H2,1H3/t12?,15-,17?/m1/s1. The van der Waals surface area contributed by atoms with E-state index in [1.54, 1.807) is 17.0 Å². The van der Waals surface area contributed by atoms with Crippen LogP contribution in [0.2, 0.25) is 0 Å². The van der Waals surface area contributed by atoms with Gasteiger partial charge < -0.3 is 20.6 Å². The van der Waals surface area contributed by atoms with Gasteiger partial charge in [-0.25, -0.2) is 14.4 Å². The third-order valence-electron chi connectivity index (χ3n) is 6.04. The van der Waals surface area contributed by atoms with E-state index in [1.807, 2.05) is 0 Å². The molecule has 160 valence electrons. The van der Waals surface area contributed by atoms with Crippen molar-refractivity contribution in [1.82, 2.24) is 14.9 Å². The van der Waals surface area contributed by atoms with Crippen molar-refractivity contribution in [3.05, 3.63) is 51.6 Å². The van der Waals surface area contributed by atoms with Gasteiger partial charge in [0.15, 0.2) is 0 Å². The number of aromatic nitrogens is 2.